The van der Waals surface area contributed by atoms with E-state index in [0.29, 0.717) is 25.7 Å². The molecule has 1 heterocycles. The second-order valence-corrected chi connectivity index (χ2v) is 8.59. The molecule has 2 aromatic carbocycles. The number of nitrogens with two attached hydrogens (primary N) is 1. The van der Waals surface area contributed by atoms with E-state index in [1.807, 2.05) is 31.2 Å². The largest absolute Gasteiger partial charge is 0.377 e. The molecule has 0 radical (unpaired) electrons. The maximum Gasteiger partial charge on any atom is 0.240 e. The number of ether oxygens (including phenoxy) is 1. The molecule has 0 aromatic heterocycles. The summed E-state index contributed by atoms with van der Waals surface area (Å²) >= 11 is 0. The van der Waals surface area contributed by atoms with Crippen LogP contribution < -0.4 is 15.8 Å². The number of halogens is 1. The summed E-state index contributed by atoms with van der Waals surface area (Å²) in [7, 11) is -3.54. The second kappa shape index (κ2) is 10.9. The molecule has 29 heavy (non-hydrogen) atoms. The van der Waals surface area contributed by atoms with Crippen LogP contribution in [0.1, 0.15) is 24.0 Å². The number of sulfonamides is 1. The number of nitrogens with one attached hydrogen (secondary N) is 2. The van der Waals surface area contributed by atoms with E-state index in [9.17, 15) is 8.42 Å². The Bertz CT molecular complexity index is 910. The molecule has 0 saturated carbocycles. The van der Waals surface area contributed by atoms with Gasteiger partial charge < -0.3 is 15.8 Å². The van der Waals surface area contributed by atoms with Crippen molar-refractivity contribution >= 4 is 45.6 Å². The molecule has 1 unspecified atom stereocenters. The van der Waals surface area contributed by atoms with Crippen LogP contribution in [0.3, 0.4) is 0 Å². The minimum absolute atomic E-state index is 0. The summed E-state index contributed by atoms with van der Waals surface area (Å²) in [6, 6.07) is 14.5. The van der Waals surface area contributed by atoms with Gasteiger partial charge >= 0.3 is 0 Å². The molecule has 1 atom stereocenters. The predicted molar refractivity (Wildman–Crippen MR) is 126 cm³/mol. The smallest absolute Gasteiger partial charge is 0.240 e. The number of aryl methyl sites for hydroxylation is 1. The maximum absolute atomic E-state index is 12.4. The van der Waals surface area contributed by atoms with Crippen LogP contribution in [-0.2, 0) is 21.3 Å². The van der Waals surface area contributed by atoms with Crippen molar-refractivity contribution in [1.82, 2.24) is 4.72 Å². The van der Waals surface area contributed by atoms with Gasteiger partial charge in [0.05, 0.1) is 17.5 Å². The minimum atomic E-state index is -3.54. The van der Waals surface area contributed by atoms with Gasteiger partial charge in [0.15, 0.2) is 5.96 Å². The second-order valence-electron chi connectivity index (χ2n) is 6.82. The highest BCUT2D eigenvalue weighted by molar-refractivity contribution is 14.0. The zero-order valence-corrected chi connectivity index (χ0v) is 19.4. The van der Waals surface area contributed by atoms with Crippen molar-refractivity contribution in [2.24, 2.45) is 10.7 Å². The lowest BCUT2D eigenvalue weighted by Crippen LogP contribution is -2.31. The highest BCUT2D eigenvalue weighted by Gasteiger charge is 2.20. The van der Waals surface area contributed by atoms with Gasteiger partial charge in [-0.05, 0) is 49.6 Å². The lowest BCUT2D eigenvalue weighted by molar-refractivity contribution is 0.114. The summed E-state index contributed by atoms with van der Waals surface area (Å²) in [5.74, 6) is 0.304. The van der Waals surface area contributed by atoms with Gasteiger partial charge in [0, 0.05) is 18.8 Å². The molecule has 0 spiro atoms. The molecule has 1 aliphatic rings. The maximum atomic E-state index is 12.4. The monoisotopic (exact) mass is 530 g/mol. The van der Waals surface area contributed by atoms with Crippen LogP contribution in [0.5, 0.6) is 0 Å². The minimum Gasteiger partial charge on any atom is -0.377 e. The summed E-state index contributed by atoms with van der Waals surface area (Å²) in [6.45, 7) is 3.37. The Morgan fingerprint density at radius 2 is 1.86 bits per heavy atom. The summed E-state index contributed by atoms with van der Waals surface area (Å²) in [4.78, 5) is 4.52. The third-order valence-electron chi connectivity index (χ3n) is 4.51. The summed E-state index contributed by atoms with van der Waals surface area (Å²) in [5, 5.41) is 3.03. The molecule has 7 nitrogen and oxygen atoms in total. The fourth-order valence-electron chi connectivity index (χ4n) is 2.87. The number of rotatable bonds is 7. The summed E-state index contributed by atoms with van der Waals surface area (Å²) in [6.07, 6.45) is 1.83. The summed E-state index contributed by atoms with van der Waals surface area (Å²) < 4.78 is 32.8. The molecule has 0 bridgehead atoms. The highest BCUT2D eigenvalue weighted by Crippen LogP contribution is 2.14. The van der Waals surface area contributed by atoms with Crippen molar-refractivity contribution < 1.29 is 13.2 Å². The Hall–Kier alpha value is -1.69. The van der Waals surface area contributed by atoms with Crippen LogP contribution >= 0.6 is 24.0 Å². The van der Waals surface area contributed by atoms with Gasteiger partial charge in [-0.25, -0.2) is 18.1 Å². The average molecular weight is 530 g/mol. The SMILES string of the molecule is Cc1ccc(NC(N)=NCc2ccc(S(=O)(=O)NCC3CCCO3)cc2)cc1.I. The zero-order chi connectivity index (χ0) is 20.0. The van der Waals surface area contributed by atoms with Crippen LogP contribution in [0.15, 0.2) is 58.4 Å². The number of benzene rings is 2. The predicted octanol–water partition coefficient (Wildman–Crippen LogP) is 3.00. The number of hydrogen-bond acceptors (Lipinski definition) is 4. The molecule has 2 aromatic rings. The van der Waals surface area contributed by atoms with Crippen molar-refractivity contribution in [1.29, 1.82) is 0 Å². The van der Waals surface area contributed by atoms with Gasteiger partial charge in [0.2, 0.25) is 10.0 Å². The molecular formula is C20H27IN4O3S. The van der Waals surface area contributed by atoms with Gasteiger partial charge in [-0.3, -0.25) is 0 Å². The Morgan fingerprint density at radius 3 is 2.48 bits per heavy atom. The van der Waals surface area contributed by atoms with E-state index in [2.05, 4.69) is 15.0 Å². The fraction of sp³-hybridized carbons (Fsp3) is 0.350. The van der Waals surface area contributed by atoms with Gasteiger partial charge in [-0.1, -0.05) is 29.8 Å². The fourth-order valence-corrected chi connectivity index (χ4v) is 3.93. The van der Waals surface area contributed by atoms with Gasteiger partial charge in [0.25, 0.3) is 0 Å². The van der Waals surface area contributed by atoms with Gasteiger partial charge in [-0.2, -0.15) is 0 Å². The first-order chi connectivity index (χ1) is 13.4. The molecule has 0 aliphatic carbocycles. The van der Waals surface area contributed by atoms with Crippen LogP contribution in [-0.4, -0.2) is 33.6 Å². The first-order valence-electron chi connectivity index (χ1n) is 9.26. The molecule has 1 saturated heterocycles. The molecular weight excluding hydrogens is 503 g/mol. The number of guanidine groups is 1. The van der Waals surface area contributed by atoms with Crippen molar-refractivity contribution in [2.45, 2.75) is 37.3 Å². The standard InChI is InChI=1S/C20H26N4O3S.HI/c1-15-4-8-17(9-5-15)24-20(21)22-13-16-6-10-19(11-7-16)28(25,26)23-14-18-3-2-12-27-18;/h4-11,18,23H,2-3,12-14H2,1H3,(H3,21,22,24);1H. The van der Waals surface area contributed by atoms with E-state index in [-0.39, 0.29) is 35.0 Å². The Morgan fingerprint density at radius 1 is 1.17 bits per heavy atom. The normalized spacial score (nSPS) is 17.0. The number of nitrogens with zero attached hydrogens (tertiary/aromatic N) is 1. The van der Waals surface area contributed by atoms with Crippen LogP contribution in [0.4, 0.5) is 5.69 Å². The topological polar surface area (TPSA) is 106 Å². The average Bonchev–Trinajstić information content (AvgIpc) is 3.21. The van der Waals surface area contributed by atoms with Gasteiger partial charge in [-0.15, -0.1) is 24.0 Å². The third-order valence-corrected chi connectivity index (χ3v) is 5.95. The number of aliphatic imine (C=N–C) groups is 1. The van der Waals surface area contributed by atoms with Crippen LogP contribution in [0.2, 0.25) is 0 Å². The summed E-state index contributed by atoms with van der Waals surface area (Å²) in [5.41, 5.74) is 8.81. The highest BCUT2D eigenvalue weighted by atomic mass is 127. The van der Waals surface area contributed by atoms with Crippen LogP contribution in [0, 0.1) is 6.92 Å². The van der Waals surface area contributed by atoms with Crippen molar-refractivity contribution in [2.75, 3.05) is 18.5 Å². The van der Waals surface area contributed by atoms with E-state index in [1.54, 1.807) is 24.3 Å². The molecule has 4 N–H and O–H groups in total. The van der Waals surface area contributed by atoms with E-state index < -0.39 is 10.0 Å². The third kappa shape index (κ3) is 7.25. The number of anilines is 1. The lowest BCUT2D eigenvalue weighted by Gasteiger charge is -2.11. The molecule has 1 fully saturated rings. The number of hydrogen-bond donors (Lipinski definition) is 3. The molecule has 3 rings (SSSR count). The van der Waals surface area contributed by atoms with Crippen molar-refractivity contribution in [3.63, 3.8) is 0 Å². The quantitative estimate of drug-likeness (QED) is 0.290. The molecule has 158 valence electrons. The Labute approximate surface area is 189 Å². The first-order valence-corrected chi connectivity index (χ1v) is 10.7. The Balaban J connectivity index is 0.00000300. The van der Waals surface area contributed by atoms with Crippen LogP contribution in [0.25, 0.3) is 0 Å². The van der Waals surface area contributed by atoms with Gasteiger partial charge in [0.1, 0.15) is 0 Å². The van der Waals surface area contributed by atoms with E-state index in [1.165, 1.54) is 5.56 Å². The first kappa shape index (κ1) is 23.6. The van der Waals surface area contributed by atoms with Crippen molar-refractivity contribution in [3.05, 3.63) is 59.7 Å². The lowest BCUT2D eigenvalue weighted by atomic mass is 10.2. The zero-order valence-electron chi connectivity index (χ0n) is 16.3. The molecule has 9 heteroatoms. The molecule has 1 aliphatic heterocycles. The van der Waals surface area contributed by atoms with E-state index in [4.69, 9.17) is 10.5 Å². The van der Waals surface area contributed by atoms with E-state index in [0.717, 1.165) is 24.1 Å². The van der Waals surface area contributed by atoms with E-state index >= 15 is 0 Å². The Kier molecular flexibility index (Phi) is 8.87. The van der Waals surface area contributed by atoms with Crippen molar-refractivity contribution in [3.8, 4) is 0 Å². The molecule has 0 amide bonds.